The highest BCUT2D eigenvalue weighted by Gasteiger charge is 2.18. The van der Waals surface area contributed by atoms with Crippen LogP contribution < -0.4 is 0 Å². The molecule has 1 aliphatic rings. The van der Waals surface area contributed by atoms with Crippen molar-refractivity contribution in [3.05, 3.63) is 23.3 Å². The zero-order valence-electron chi connectivity index (χ0n) is 7.12. The molecule has 1 aromatic heterocycles. The van der Waals surface area contributed by atoms with E-state index in [0.29, 0.717) is 0 Å². The van der Waals surface area contributed by atoms with Crippen LogP contribution >= 0.6 is 0 Å². The van der Waals surface area contributed by atoms with Crippen molar-refractivity contribution >= 4 is 0 Å². The van der Waals surface area contributed by atoms with Crippen LogP contribution in [0.5, 0.6) is 0 Å². The lowest BCUT2D eigenvalue weighted by Crippen LogP contribution is -2.12. The minimum absolute atomic E-state index is 0.339. The molecule has 1 atom stereocenters. The molecular weight excluding hydrogens is 152 g/mol. The standard InChI is InChI=1S/C9H12N2O/c1-6-10-5-7-8(11-6)3-2-4-9(7)12/h5,9,12H,2-4H2,1H3. The number of rotatable bonds is 0. The van der Waals surface area contributed by atoms with E-state index in [2.05, 4.69) is 9.97 Å². The van der Waals surface area contributed by atoms with E-state index in [1.54, 1.807) is 6.20 Å². The van der Waals surface area contributed by atoms with Gasteiger partial charge in [-0.3, -0.25) is 0 Å². The number of aliphatic hydroxyl groups excluding tert-OH is 1. The number of fused-ring (bicyclic) bond motifs is 1. The Morgan fingerprint density at radius 3 is 3.25 bits per heavy atom. The Hall–Kier alpha value is -0.960. The lowest BCUT2D eigenvalue weighted by atomic mass is 9.95. The Morgan fingerprint density at radius 1 is 1.58 bits per heavy atom. The quantitative estimate of drug-likeness (QED) is 0.625. The maximum absolute atomic E-state index is 9.57. The van der Waals surface area contributed by atoms with E-state index >= 15 is 0 Å². The summed E-state index contributed by atoms with van der Waals surface area (Å²) in [5, 5.41) is 9.57. The second-order valence-corrected chi connectivity index (χ2v) is 3.23. The van der Waals surface area contributed by atoms with E-state index in [1.807, 2.05) is 6.92 Å². The van der Waals surface area contributed by atoms with Gasteiger partial charge >= 0.3 is 0 Å². The highest BCUT2D eigenvalue weighted by molar-refractivity contribution is 5.22. The first-order chi connectivity index (χ1) is 5.77. The maximum atomic E-state index is 9.57. The van der Waals surface area contributed by atoms with Gasteiger partial charge in [0.25, 0.3) is 0 Å². The Morgan fingerprint density at radius 2 is 2.42 bits per heavy atom. The number of nitrogens with zero attached hydrogens (tertiary/aromatic N) is 2. The zero-order chi connectivity index (χ0) is 8.55. The van der Waals surface area contributed by atoms with Crippen molar-refractivity contribution in [1.82, 2.24) is 9.97 Å². The molecule has 3 heteroatoms. The number of aliphatic hydroxyl groups is 1. The van der Waals surface area contributed by atoms with Gasteiger partial charge < -0.3 is 5.11 Å². The second kappa shape index (κ2) is 2.83. The van der Waals surface area contributed by atoms with Crippen LogP contribution in [0.4, 0.5) is 0 Å². The Balaban J connectivity index is 2.46. The van der Waals surface area contributed by atoms with Crippen molar-refractivity contribution in [2.45, 2.75) is 32.3 Å². The van der Waals surface area contributed by atoms with Gasteiger partial charge in [-0.25, -0.2) is 9.97 Å². The number of aromatic nitrogens is 2. The molecule has 1 aliphatic carbocycles. The predicted molar refractivity (Wildman–Crippen MR) is 44.7 cm³/mol. The van der Waals surface area contributed by atoms with Gasteiger partial charge in [0.1, 0.15) is 5.82 Å². The second-order valence-electron chi connectivity index (χ2n) is 3.23. The molecule has 1 heterocycles. The average molecular weight is 164 g/mol. The monoisotopic (exact) mass is 164 g/mol. The minimum Gasteiger partial charge on any atom is -0.388 e. The summed E-state index contributed by atoms with van der Waals surface area (Å²) < 4.78 is 0. The van der Waals surface area contributed by atoms with Crippen LogP contribution in [-0.4, -0.2) is 15.1 Å². The summed E-state index contributed by atoms with van der Waals surface area (Å²) in [6.07, 6.45) is 4.27. The van der Waals surface area contributed by atoms with E-state index in [-0.39, 0.29) is 6.10 Å². The fraction of sp³-hybridized carbons (Fsp3) is 0.556. The topological polar surface area (TPSA) is 46.0 Å². The molecule has 1 aromatic rings. The molecule has 1 N–H and O–H groups in total. The third-order valence-electron chi connectivity index (χ3n) is 2.27. The molecule has 0 aromatic carbocycles. The van der Waals surface area contributed by atoms with Crippen molar-refractivity contribution < 1.29 is 5.11 Å². The summed E-state index contributed by atoms with van der Waals surface area (Å²) in [5.74, 6) is 0.794. The van der Waals surface area contributed by atoms with Crippen LogP contribution in [0.25, 0.3) is 0 Å². The molecule has 0 fully saturated rings. The molecule has 0 radical (unpaired) electrons. The summed E-state index contributed by atoms with van der Waals surface area (Å²) in [6, 6.07) is 0. The molecule has 3 nitrogen and oxygen atoms in total. The first-order valence-electron chi connectivity index (χ1n) is 4.28. The summed E-state index contributed by atoms with van der Waals surface area (Å²) in [7, 11) is 0. The molecule has 1 unspecified atom stereocenters. The predicted octanol–water partition coefficient (Wildman–Crippen LogP) is 1.15. The molecule has 2 rings (SSSR count). The Kier molecular flexibility index (Phi) is 1.81. The van der Waals surface area contributed by atoms with Gasteiger partial charge in [-0.15, -0.1) is 0 Å². The molecule has 0 saturated heterocycles. The zero-order valence-corrected chi connectivity index (χ0v) is 7.12. The highest BCUT2D eigenvalue weighted by Crippen LogP contribution is 2.27. The SMILES string of the molecule is Cc1ncc2c(n1)CCCC2O. The smallest absolute Gasteiger partial charge is 0.125 e. The average Bonchev–Trinajstić information content (AvgIpc) is 2.04. The van der Waals surface area contributed by atoms with Crippen molar-refractivity contribution in [3.63, 3.8) is 0 Å². The van der Waals surface area contributed by atoms with Crippen LogP contribution in [0.1, 0.15) is 36.0 Å². The van der Waals surface area contributed by atoms with E-state index in [1.165, 1.54) is 0 Å². The van der Waals surface area contributed by atoms with Crippen LogP contribution in [0.3, 0.4) is 0 Å². The van der Waals surface area contributed by atoms with Crippen molar-refractivity contribution in [2.75, 3.05) is 0 Å². The largest absolute Gasteiger partial charge is 0.388 e. The third-order valence-corrected chi connectivity index (χ3v) is 2.27. The van der Waals surface area contributed by atoms with Gasteiger partial charge in [0.2, 0.25) is 0 Å². The van der Waals surface area contributed by atoms with Gasteiger partial charge in [-0.05, 0) is 26.2 Å². The van der Waals surface area contributed by atoms with Crippen molar-refractivity contribution in [2.24, 2.45) is 0 Å². The van der Waals surface area contributed by atoms with Crippen LogP contribution in [0.2, 0.25) is 0 Å². The fourth-order valence-electron chi connectivity index (χ4n) is 1.62. The minimum atomic E-state index is -0.339. The first-order valence-corrected chi connectivity index (χ1v) is 4.28. The number of aryl methyl sites for hydroxylation is 2. The van der Waals surface area contributed by atoms with Gasteiger partial charge in [0.05, 0.1) is 6.10 Å². The molecule has 64 valence electrons. The lowest BCUT2D eigenvalue weighted by Gasteiger charge is -2.19. The summed E-state index contributed by atoms with van der Waals surface area (Å²) in [4.78, 5) is 8.36. The van der Waals surface area contributed by atoms with E-state index in [9.17, 15) is 5.11 Å². The summed E-state index contributed by atoms with van der Waals surface area (Å²) in [6.45, 7) is 1.88. The third kappa shape index (κ3) is 1.20. The number of hydrogen-bond acceptors (Lipinski definition) is 3. The van der Waals surface area contributed by atoms with Crippen molar-refractivity contribution in [1.29, 1.82) is 0 Å². The van der Waals surface area contributed by atoms with E-state index < -0.39 is 0 Å². The Bertz CT molecular complexity index is 299. The molecular formula is C9H12N2O. The van der Waals surface area contributed by atoms with Gasteiger partial charge in [-0.2, -0.15) is 0 Å². The molecule has 0 bridgehead atoms. The molecule has 0 amide bonds. The molecule has 0 aliphatic heterocycles. The first kappa shape index (κ1) is 7.68. The van der Waals surface area contributed by atoms with Gasteiger partial charge in [0, 0.05) is 17.5 Å². The van der Waals surface area contributed by atoms with E-state index in [0.717, 1.165) is 36.3 Å². The Labute approximate surface area is 71.5 Å². The van der Waals surface area contributed by atoms with Crippen molar-refractivity contribution in [3.8, 4) is 0 Å². The summed E-state index contributed by atoms with van der Waals surface area (Å²) in [5.41, 5.74) is 1.95. The lowest BCUT2D eigenvalue weighted by molar-refractivity contribution is 0.155. The van der Waals surface area contributed by atoms with E-state index in [4.69, 9.17) is 0 Å². The molecule has 0 spiro atoms. The normalized spacial score (nSPS) is 22.0. The fourth-order valence-corrected chi connectivity index (χ4v) is 1.62. The van der Waals surface area contributed by atoms with Gasteiger partial charge in [-0.1, -0.05) is 0 Å². The van der Waals surface area contributed by atoms with Crippen LogP contribution in [0.15, 0.2) is 6.20 Å². The maximum Gasteiger partial charge on any atom is 0.125 e. The van der Waals surface area contributed by atoms with Crippen LogP contribution in [-0.2, 0) is 6.42 Å². The molecule has 0 saturated carbocycles. The number of hydrogen-bond donors (Lipinski definition) is 1. The van der Waals surface area contributed by atoms with Gasteiger partial charge in [0.15, 0.2) is 0 Å². The van der Waals surface area contributed by atoms with Crippen LogP contribution in [0, 0.1) is 6.92 Å². The molecule has 12 heavy (non-hydrogen) atoms. The summed E-state index contributed by atoms with van der Waals surface area (Å²) >= 11 is 0. The highest BCUT2D eigenvalue weighted by atomic mass is 16.3.